The first-order valence-electron chi connectivity index (χ1n) is 10.8. The number of nitrogens with one attached hydrogen (secondary N) is 1. The average molecular weight is 450 g/mol. The Bertz CT molecular complexity index is 1130. The van der Waals surface area contributed by atoms with Gasteiger partial charge < -0.3 is 20.4 Å². The van der Waals surface area contributed by atoms with Crippen LogP contribution in [0.5, 0.6) is 0 Å². The minimum Gasteiger partial charge on any atom is -0.380 e. The van der Waals surface area contributed by atoms with Crippen molar-refractivity contribution in [2.24, 2.45) is 0 Å². The van der Waals surface area contributed by atoms with Crippen LogP contribution in [0.4, 0.5) is 0 Å². The summed E-state index contributed by atoms with van der Waals surface area (Å²) in [6, 6.07) is 12.5. The van der Waals surface area contributed by atoms with Gasteiger partial charge in [-0.2, -0.15) is 5.10 Å². The molecule has 3 aromatic rings. The lowest BCUT2D eigenvalue weighted by Crippen LogP contribution is -2.59. The Balaban J connectivity index is 1.40. The van der Waals surface area contributed by atoms with Crippen LogP contribution in [0.15, 0.2) is 61.1 Å². The Morgan fingerprint density at radius 2 is 1.91 bits per heavy atom. The van der Waals surface area contributed by atoms with E-state index in [-0.39, 0.29) is 6.54 Å². The highest BCUT2D eigenvalue weighted by Gasteiger charge is 2.45. The van der Waals surface area contributed by atoms with E-state index < -0.39 is 29.6 Å². The van der Waals surface area contributed by atoms with E-state index in [9.17, 15) is 19.8 Å². The number of aliphatic hydroxyl groups excluding tert-OH is 1. The summed E-state index contributed by atoms with van der Waals surface area (Å²) in [7, 11) is 0. The molecule has 1 aromatic carbocycles. The van der Waals surface area contributed by atoms with Gasteiger partial charge in [-0.15, -0.1) is 0 Å². The smallest absolute Gasteiger partial charge is 0.255 e. The number of rotatable bonds is 6. The highest BCUT2D eigenvalue weighted by atomic mass is 16.4. The topological polar surface area (TPSA) is 121 Å². The number of amides is 2. The molecule has 1 aliphatic heterocycles. The van der Waals surface area contributed by atoms with Gasteiger partial charge in [0.25, 0.3) is 11.8 Å². The van der Waals surface area contributed by atoms with E-state index in [0.29, 0.717) is 13.0 Å². The van der Waals surface area contributed by atoms with E-state index in [1.165, 1.54) is 4.90 Å². The van der Waals surface area contributed by atoms with Crippen molar-refractivity contribution in [1.29, 1.82) is 0 Å². The van der Waals surface area contributed by atoms with Crippen LogP contribution in [0.3, 0.4) is 0 Å². The molecule has 1 aliphatic rings. The maximum Gasteiger partial charge on any atom is 0.255 e. The van der Waals surface area contributed by atoms with Gasteiger partial charge in [0.1, 0.15) is 0 Å². The zero-order valence-corrected chi connectivity index (χ0v) is 18.5. The first kappa shape index (κ1) is 22.6. The Morgan fingerprint density at radius 1 is 1.15 bits per heavy atom. The molecular formula is C24H27N5O4. The monoisotopic (exact) mass is 449 g/mol. The number of aliphatic hydroxyl groups is 2. The molecule has 9 heteroatoms. The second-order valence-electron chi connectivity index (χ2n) is 8.41. The normalized spacial score (nSPS) is 16.9. The van der Waals surface area contributed by atoms with Gasteiger partial charge >= 0.3 is 0 Å². The number of aromatic nitrogens is 3. The molecule has 0 saturated carbocycles. The number of carbonyl (C=O) groups is 2. The van der Waals surface area contributed by atoms with Crippen molar-refractivity contribution in [2.45, 2.75) is 44.6 Å². The van der Waals surface area contributed by atoms with Crippen LogP contribution < -0.4 is 5.32 Å². The SMILES string of the molecule is C[C@@H](NC(=O)[C@](C)(O)[C@@H](O)C(=O)N1CCc2ncccc2C1)c1ccc(-n2cccn2)cc1. The summed E-state index contributed by atoms with van der Waals surface area (Å²) < 4.78 is 1.72. The Kier molecular flexibility index (Phi) is 6.26. The summed E-state index contributed by atoms with van der Waals surface area (Å²) in [5.74, 6) is -1.52. The molecule has 3 atom stereocenters. The van der Waals surface area contributed by atoms with E-state index in [0.717, 1.165) is 29.4 Å². The summed E-state index contributed by atoms with van der Waals surface area (Å²) in [4.78, 5) is 31.4. The maximum absolute atomic E-state index is 12.9. The number of hydrogen-bond donors (Lipinski definition) is 3. The second kappa shape index (κ2) is 9.13. The minimum atomic E-state index is -2.30. The van der Waals surface area contributed by atoms with Crippen LogP contribution >= 0.6 is 0 Å². The van der Waals surface area contributed by atoms with Crippen molar-refractivity contribution >= 4 is 11.8 Å². The first-order chi connectivity index (χ1) is 15.8. The third-order valence-corrected chi connectivity index (χ3v) is 6.01. The molecule has 0 bridgehead atoms. The standard InChI is InChI=1S/C24H27N5O4/c1-16(17-6-8-19(9-7-17)29-13-4-12-26-29)27-23(32)24(2,33)21(30)22(31)28-14-10-20-18(15-28)5-3-11-25-20/h3-9,11-13,16,21,30,33H,10,14-15H2,1-2H3,(H,27,32)/t16-,21+,24-/m1/s1. The van der Waals surface area contributed by atoms with E-state index in [1.807, 2.05) is 42.6 Å². The summed E-state index contributed by atoms with van der Waals surface area (Å²) in [6.07, 6.45) is 3.87. The summed E-state index contributed by atoms with van der Waals surface area (Å²) in [6.45, 7) is 3.55. The van der Waals surface area contributed by atoms with Crippen molar-refractivity contribution in [2.75, 3.05) is 6.54 Å². The summed E-state index contributed by atoms with van der Waals surface area (Å²) in [5.41, 5.74) is 1.17. The fourth-order valence-corrected chi connectivity index (χ4v) is 3.85. The van der Waals surface area contributed by atoms with Gasteiger partial charge in [0.2, 0.25) is 0 Å². The third kappa shape index (κ3) is 4.64. The average Bonchev–Trinajstić information content (AvgIpc) is 3.38. The maximum atomic E-state index is 12.9. The molecular weight excluding hydrogens is 422 g/mol. The lowest BCUT2D eigenvalue weighted by Gasteiger charge is -2.34. The van der Waals surface area contributed by atoms with Crippen LogP contribution in [0.1, 0.15) is 36.7 Å². The first-order valence-corrected chi connectivity index (χ1v) is 10.8. The molecule has 2 aromatic heterocycles. The van der Waals surface area contributed by atoms with Crippen LogP contribution in [0, 0.1) is 0 Å². The number of benzene rings is 1. The molecule has 0 saturated heterocycles. The van der Waals surface area contributed by atoms with E-state index >= 15 is 0 Å². The number of fused-ring (bicyclic) bond motifs is 1. The minimum absolute atomic E-state index is 0.274. The second-order valence-corrected chi connectivity index (χ2v) is 8.41. The summed E-state index contributed by atoms with van der Waals surface area (Å²) in [5, 5.41) is 28.3. The van der Waals surface area contributed by atoms with Crippen LogP contribution in [-0.4, -0.2) is 59.9 Å². The van der Waals surface area contributed by atoms with E-state index in [4.69, 9.17) is 0 Å². The van der Waals surface area contributed by atoms with Gasteiger partial charge in [0.05, 0.1) is 11.7 Å². The third-order valence-electron chi connectivity index (χ3n) is 6.01. The Labute approximate surface area is 191 Å². The molecule has 4 rings (SSSR count). The molecule has 3 N–H and O–H groups in total. The molecule has 0 radical (unpaired) electrons. The fourth-order valence-electron chi connectivity index (χ4n) is 3.85. The van der Waals surface area contributed by atoms with Crippen LogP contribution in [0.25, 0.3) is 5.69 Å². The zero-order valence-electron chi connectivity index (χ0n) is 18.5. The van der Waals surface area contributed by atoms with Crippen LogP contribution in [0.2, 0.25) is 0 Å². The number of carbonyl (C=O) groups excluding carboxylic acids is 2. The molecule has 0 fully saturated rings. The van der Waals surface area contributed by atoms with Crippen molar-refractivity contribution in [3.63, 3.8) is 0 Å². The van der Waals surface area contributed by atoms with Crippen molar-refractivity contribution in [1.82, 2.24) is 25.0 Å². The van der Waals surface area contributed by atoms with Gasteiger partial charge in [-0.05, 0) is 49.2 Å². The highest BCUT2D eigenvalue weighted by molar-refractivity contribution is 5.94. The quantitative estimate of drug-likeness (QED) is 0.519. The van der Waals surface area contributed by atoms with Gasteiger partial charge in [-0.3, -0.25) is 14.6 Å². The zero-order chi connectivity index (χ0) is 23.6. The molecule has 3 heterocycles. The number of nitrogens with zero attached hydrogens (tertiary/aromatic N) is 4. The number of pyridine rings is 1. The lowest BCUT2D eigenvalue weighted by atomic mass is 9.94. The van der Waals surface area contributed by atoms with Gasteiger partial charge in [0.15, 0.2) is 11.7 Å². The van der Waals surface area contributed by atoms with Crippen LogP contribution in [-0.2, 0) is 22.6 Å². The molecule has 0 unspecified atom stereocenters. The van der Waals surface area contributed by atoms with Crippen molar-refractivity contribution < 1.29 is 19.8 Å². The van der Waals surface area contributed by atoms with E-state index in [1.54, 1.807) is 30.1 Å². The molecule has 33 heavy (non-hydrogen) atoms. The Hall–Kier alpha value is -3.56. The predicted octanol–water partition coefficient (Wildman–Crippen LogP) is 1.14. The number of hydrogen-bond acceptors (Lipinski definition) is 6. The van der Waals surface area contributed by atoms with Crippen molar-refractivity contribution in [3.05, 3.63) is 77.9 Å². The highest BCUT2D eigenvalue weighted by Crippen LogP contribution is 2.22. The predicted molar refractivity (Wildman–Crippen MR) is 120 cm³/mol. The largest absolute Gasteiger partial charge is 0.380 e. The molecule has 0 aliphatic carbocycles. The Morgan fingerprint density at radius 3 is 2.61 bits per heavy atom. The van der Waals surface area contributed by atoms with Gasteiger partial charge in [-0.25, -0.2) is 4.68 Å². The molecule has 172 valence electrons. The lowest BCUT2D eigenvalue weighted by molar-refractivity contribution is -0.166. The molecule has 0 spiro atoms. The molecule has 2 amide bonds. The fraction of sp³-hybridized carbons (Fsp3) is 0.333. The molecule has 9 nitrogen and oxygen atoms in total. The summed E-state index contributed by atoms with van der Waals surface area (Å²) >= 11 is 0. The van der Waals surface area contributed by atoms with E-state index in [2.05, 4.69) is 15.4 Å². The van der Waals surface area contributed by atoms with Gasteiger partial charge in [-0.1, -0.05) is 18.2 Å². The van der Waals surface area contributed by atoms with Gasteiger partial charge in [0, 0.05) is 43.8 Å². The van der Waals surface area contributed by atoms with Crippen molar-refractivity contribution in [3.8, 4) is 5.69 Å².